The molecule has 0 fully saturated rings. The van der Waals surface area contributed by atoms with Crippen LogP contribution in [0.15, 0.2) is 0 Å². The van der Waals surface area contributed by atoms with Gasteiger partial charge in [0, 0.05) is 0 Å². The van der Waals surface area contributed by atoms with Gasteiger partial charge >= 0.3 is 17.9 Å². The summed E-state index contributed by atoms with van der Waals surface area (Å²) < 4.78 is 3.53. The minimum Gasteiger partial charge on any atom is -0.473 e. The second-order valence-electron chi connectivity index (χ2n) is 1.22. The summed E-state index contributed by atoms with van der Waals surface area (Å²) in [6.45, 7) is -1.01. The fourth-order valence-corrected chi connectivity index (χ4v) is 0.179. The molecule has 0 amide bonds. The Morgan fingerprint density at radius 2 is 1.80 bits per heavy atom. The van der Waals surface area contributed by atoms with E-state index in [1.807, 2.05) is 0 Å². The number of carbonyl (C=O) groups excluding carboxylic acids is 2. The SMILES string of the molecule is O=C(CO)OC(=O)C(=O)O. The number of hydrogen-bond donors (Lipinski definition) is 2. The lowest BCUT2D eigenvalue weighted by Crippen LogP contribution is -2.22. The van der Waals surface area contributed by atoms with Gasteiger partial charge in [0.1, 0.15) is 6.61 Å². The Kier molecular flexibility index (Phi) is 3.06. The van der Waals surface area contributed by atoms with Crippen LogP contribution in [0.25, 0.3) is 0 Å². The summed E-state index contributed by atoms with van der Waals surface area (Å²) in [6.07, 6.45) is 0. The van der Waals surface area contributed by atoms with Crippen molar-refractivity contribution < 1.29 is 29.3 Å². The van der Waals surface area contributed by atoms with Gasteiger partial charge in [0.15, 0.2) is 0 Å². The summed E-state index contributed by atoms with van der Waals surface area (Å²) in [5.41, 5.74) is 0. The highest BCUT2D eigenvalue weighted by Gasteiger charge is 2.16. The summed E-state index contributed by atoms with van der Waals surface area (Å²) in [5, 5.41) is 15.8. The van der Waals surface area contributed by atoms with Crippen LogP contribution in [0.1, 0.15) is 0 Å². The standard InChI is InChI=1S/C4H4O6/c5-1-2(6)10-4(9)3(7)8/h5H,1H2,(H,7,8). The first-order valence-electron chi connectivity index (χ1n) is 2.16. The van der Waals surface area contributed by atoms with Crippen LogP contribution in [0.4, 0.5) is 0 Å². The van der Waals surface area contributed by atoms with Gasteiger partial charge < -0.3 is 14.9 Å². The first-order valence-corrected chi connectivity index (χ1v) is 2.16. The summed E-state index contributed by atoms with van der Waals surface area (Å²) in [4.78, 5) is 29.6. The number of ether oxygens (including phenoxy) is 1. The highest BCUT2D eigenvalue weighted by Crippen LogP contribution is 1.78. The highest BCUT2D eigenvalue weighted by atomic mass is 16.6. The number of esters is 2. The van der Waals surface area contributed by atoms with Gasteiger partial charge in [-0.3, -0.25) is 0 Å². The lowest BCUT2D eigenvalue weighted by molar-refractivity contribution is -0.171. The lowest BCUT2D eigenvalue weighted by atomic mass is 10.7. The zero-order valence-electron chi connectivity index (χ0n) is 4.73. The van der Waals surface area contributed by atoms with E-state index >= 15 is 0 Å². The van der Waals surface area contributed by atoms with Crippen LogP contribution in [-0.2, 0) is 19.1 Å². The number of aliphatic hydroxyl groups excluding tert-OH is 1. The molecule has 2 N–H and O–H groups in total. The van der Waals surface area contributed by atoms with Crippen LogP contribution in [0, 0.1) is 0 Å². The average Bonchev–Trinajstić information content (AvgIpc) is 1.87. The van der Waals surface area contributed by atoms with E-state index in [-0.39, 0.29) is 0 Å². The summed E-state index contributed by atoms with van der Waals surface area (Å²) in [5.74, 6) is -4.85. The molecule has 0 atom stereocenters. The first-order chi connectivity index (χ1) is 4.57. The second-order valence-corrected chi connectivity index (χ2v) is 1.22. The summed E-state index contributed by atoms with van der Waals surface area (Å²) in [6, 6.07) is 0. The van der Waals surface area contributed by atoms with Crippen molar-refractivity contribution in [1.82, 2.24) is 0 Å². The molecule has 0 radical (unpaired) electrons. The predicted octanol–water partition coefficient (Wildman–Crippen LogP) is -1.87. The molecule has 6 nitrogen and oxygen atoms in total. The van der Waals surface area contributed by atoms with Crippen LogP contribution in [-0.4, -0.2) is 34.7 Å². The van der Waals surface area contributed by atoms with Crippen molar-refractivity contribution in [3.63, 3.8) is 0 Å². The Morgan fingerprint density at radius 3 is 2.10 bits per heavy atom. The molecule has 0 saturated carbocycles. The molecule has 0 aromatic heterocycles. The fourth-order valence-electron chi connectivity index (χ4n) is 0.179. The van der Waals surface area contributed by atoms with E-state index in [9.17, 15) is 14.4 Å². The molecule has 0 aliphatic carbocycles. The van der Waals surface area contributed by atoms with Gasteiger partial charge in [-0.15, -0.1) is 0 Å². The van der Waals surface area contributed by atoms with Crippen LogP contribution in [0.5, 0.6) is 0 Å². The molecule has 10 heavy (non-hydrogen) atoms. The molecule has 0 aromatic carbocycles. The number of carboxylic acid groups (broad SMARTS) is 1. The number of hydrogen-bond acceptors (Lipinski definition) is 5. The largest absolute Gasteiger partial charge is 0.473 e. The summed E-state index contributed by atoms with van der Waals surface area (Å²) in [7, 11) is 0. The molecule has 0 heterocycles. The Balaban J connectivity index is 3.80. The third-order valence-electron chi connectivity index (χ3n) is 0.510. The maximum absolute atomic E-state index is 9.97. The smallest absolute Gasteiger partial charge is 0.424 e. The predicted molar refractivity (Wildman–Crippen MR) is 25.8 cm³/mol. The van der Waals surface area contributed by atoms with Crippen LogP contribution < -0.4 is 0 Å². The zero-order valence-corrected chi connectivity index (χ0v) is 4.73. The molecular formula is C4H4O6. The van der Waals surface area contributed by atoms with Crippen molar-refractivity contribution in [2.24, 2.45) is 0 Å². The van der Waals surface area contributed by atoms with E-state index < -0.39 is 24.5 Å². The van der Waals surface area contributed by atoms with Crippen LogP contribution in [0.2, 0.25) is 0 Å². The third-order valence-corrected chi connectivity index (χ3v) is 0.510. The van der Waals surface area contributed by atoms with E-state index in [0.717, 1.165) is 0 Å². The maximum atomic E-state index is 9.97. The number of aliphatic carboxylic acids is 1. The molecule has 0 spiro atoms. The summed E-state index contributed by atoms with van der Waals surface area (Å²) >= 11 is 0. The van der Waals surface area contributed by atoms with E-state index in [2.05, 4.69) is 4.74 Å². The van der Waals surface area contributed by atoms with Crippen molar-refractivity contribution in [1.29, 1.82) is 0 Å². The van der Waals surface area contributed by atoms with E-state index in [1.54, 1.807) is 0 Å². The normalized spacial score (nSPS) is 8.50. The second kappa shape index (κ2) is 3.57. The third kappa shape index (κ3) is 2.78. The van der Waals surface area contributed by atoms with Gasteiger partial charge in [-0.05, 0) is 0 Å². The number of carbonyl (C=O) groups is 3. The molecule has 0 rings (SSSR count). The van der Waals surface area contributed by atoms with Crippen molar-refractivity contribution in [3.8, 4) is 0 Å². The maximum Gasteiger partial charge on any atom is 0.424 e. The van der Waals surface area contributed by atoms with Crippen molar-refractivity contribution in [3.05, 3.63) is 0 Å². The van der Waals surface area contributed by atoms with Gasteiger partial charge in [-0.25, -0.2) is 14.4 Å². The molecular weight excluding hydrogens is 144 g/mol. The minimum absolute atomic E-state index is 1.01. The zero-order chi connectivity index (χ0) is 8.15. The molecule has 56 valence electrons. The van der Waals surface area contributed by atoms with Gasteiger partial charge in [0.2, 0.25) is 0 Å². The number of carboxylic acids is 1. The molecule has 0 saturated heterocycles. The van der Waals surface area contributed by atoms with Crippen molar-refractivity contribution >= 4 is 17.9 Å². The molecule has 0 unspecified atom stereocenters. The Hall–Kier alpha value is -1.43. The highest BCUT2D eigenvalue weighted by molar-refractivity contribution is 6.30. The Morgan fingerprint density at radius 1 is 1.30 bits per heavy atom. The van der Waals surface area contributed by atoms with E-state index in [1.165, 1.54) is 0 Å². The molecule has 0 aromatic rings. The Bertz CT molecular complexity index is 171. The molecule has 0 bridgehead atoms. The lowest BCUT2D eigenvalue weighted by Gasteiger charge is -1.93. The van der Waals surface area contributed by atoms with Crippen molar-refractivity contribution in [2.45, 2.75) is 0 Å². The number of aliphatic hydroxyl groups is 1. The van der Waals surface area contributed by atoms with Crippen molar-refractivity contribution in [2.75, 3.05) is 6.61 Å². The van der Waals surface area contributed by atoms with Gasteiger partial charge in [0.25, 0.3) is 0 Å². The minimum atomic E-state index is -1.87. The van der Waals surface area contributed by atoms with Gasteiger partial charge in [-0.2, -0.15) is 0 Å². The topological polar surface area (TPSA) is 101 Å². The number of rotatable bonds is 1. The molecule has 0 aliphatic heterocycles. The van der Waals surface area contributed by atoms with Crippen LogP contribution >= 0.6 is 0 Å². The Labute approximate surface area is 55.0 Å². The first kappa shape index (κ1) is 8.57. The van der Waals surface area contributed by atoms with Gasteiger partial charge in [-0.1, -0.05) is 0 Å². The fraction of sp³-hybridized carbons (Fsp3) is 0.250. The quantitative estimate of drug-likeness (QED) is 0.256. The monoisotopic (exact) mass is 148 g/mol. The van der Waals surface area contributed by atoms with Crippen LogP contribution in [0.3, 0.4) is 0 Å². The van der Waals surface area contributed by atoms with E-state index in [4.69, 9.17) is 10.2 Å². The average molecular weight is 148 g/mol. The molecule has 6 heteroatoms. The van der Waals surface area contributed by atoms with Gasteiger partial charge in [0.05, 0.1) is 0 Å². The molecule has 0 aliphatic rings. The van der Waals surface area contributed by atoms with E-state index in [0.29, 0.717) is 0 Å².